The van der Waals surface area contributed by atoms with Gasteiger partial charge in [-0.15, -0.1) is 0 Å². The summed E-state index contributed by atoms with van der Waals surface area (Å²) >= 11 is 0. The molecule has 0 atom stereocenters. The minimum absolute atomic E-state index is 0.886. The Morgan fingerprint density at radius 2 is 0.591 bits per heavy atom. The highest BCUT2D eigenvalue weighted by Crippen LogP contribution is 2.36. The zero-order valence-electron chi connectivity index (χ0n) is 24.4. The number of aliphatic imine (C=N–C) groups is 2. The van der Waals surface area contributed by atoms with E-state index in [2.05, 4.69) is 121 Å². The number of para-hydroxylation sites is 2. The second-order valence-electron chi connectivity index (χ2n) is 10.2. The smallest absolute Gasteiger partial charge is 0.0708 e. The first-order chi connectivity index (χ1) is 21.9. The Balaban J connectivity index is 1.34. The van der Waals surface area contributed by atoms with Crippen LogP contribution in [0.5, 0.6) is 0 Å². The van der Waals surface area contributed by atoms with Gasteiger partial charge in [-0.05, 0) is 57.7 Å². The molecule has 0 bridgehead atoms. The Hall–Kier alpha value is -5.86. The lowest BCUT2D eigenvalue weighted by atomic mass is 9.98. The fourth-order valence-electron chi connectivity index (χ4n) is 5.20. The van der Waals surface area contributed by atoms with E-state index in [9.17, 15) is 0 Å². The molecule has 0 spiro atoms. The van der Waals surface area contributed by atoms with Crippen molar-refractivity contribution in [3.05, 3.63) is 204 Å². The first-order valence-electron chi connectivity index (χ1n) is 14.8. The molecule has 6 aromatic rings. The Bertz CT molecular complexity index is 1690. The molecule has 0 saturated carbocycles. The zero-order chi connectivity index (χ0) is 29.8. The molecule has 6 aromatic carbocycles. The van der Waals surface area contributed by atoms with Crippen LogP contribution < -0.4 is 0 Å². The van der Waals surface area contributed by atoms with Crippen molar-refractivity contribution in [3.63, 3.8) is 0 Å². The summed E-state index contributed by atoms with van der Waals surface area (Å²) < 4.78 is 0. The molecule has 0 aliphatic heterocycles. The monoisotopic (exact) mass is 564 g/mol. The quantitative estimate of drug-likeness (QED) is 0.156. The number of nitrogens with zero attached hydrogens (tertiary/aromatic N) is 2. The van der Waals surface area contributed by atoms with Crippen molar-refractivity contribution in [3.8, 4) is 11.1 Å². The molecule has 0 aliphatic rings. The molecule has 2 heteroatoms. The maximum absolute atomic E-state index is 4.94. The molecule has 44 heavy (non-hydrogen) atoms. The van der Waals surface area contributed by atoms with Gasteiger partial charge in [0.2, 0.25) is 0 Å². The number of hydrogen-bond acceptors (Lipinski definition) is 2. The van der Waals surface area contributed by atoms with Crippen molar-refractivity contribution >= 4 is 35.0 Å². The largest absolute Gasteiger partial charge is 0.256 e. The molecule has 0 saturated heterocycles. The molecule has 0 heterocycles. The third-order valence-electron chi connectivity index (χ3n) is 7.35. The van der Waals surface area contributed by atoms with Crippen LogP contribution in [-0.4, -0.2) is 12.4 Å². The SMILES string of the molecule is C(C=C(c1ccccc1)c1ccccc1)=Nc1ccccc1-c1ccccc1N=CC=C(c1ccccc1)c1ccccc1. The van der Waals surface area contributed by atoms with E-state index in [1.54, 1.807) is 0 Å². The summed E-state index contributed by atoms with van der Waals surface area (Å²) in [6, 6.07) is 58.1. The molecular formula is C42H32N2. The molecule has 0 amide bonds. The van der Waals surface area contributed by atoms with Crippen molar-refractivity contribution in [2.24, 2.45) is 9.98 Å². The summed E-state index contributed by atoms with van der Waals surface area (Å²) in [6.45, 7) is 0. The van der Waals surface area contributed by atoms with Crippen LogP contribution in [0, 0.1) is 0 Å². The van der Waals surface area contributed by atoms with Crippen LogP contribution in [-0.2, 0) is 0 Å². The summed E-state index contributed by atoms with van der Waals surface area (Å²) in [4.78, 5) is 9.87. The van der Waals surface area contributed by atoms with E-state index in [-0.39, 0.29) is 0 Å². The van der Waals surface area contributed by atoms with Gasteiger partial charge >= 0.3 is 0 Å². The van der Waals surface area contributed by atoms with E-state index in [0.29, 0.717) is 0 Å². The normalized spacial score (nSPS) is 11.0. The molecular weight excluding hydrogens is 532 g/mol. The van der Waals surface area contributed by atoms with Crippen molar-refractivity contribution in [1.82, 2.24) is 0 Å². The first-order valence-corrected chi connectivity index (χ1v) is 14.8. The maximum atomic E-state index is 4.94. The minimum atomic E-state index is 0.886. The molecule has 0 unspecified atom stereocenters. The molecule has 6 rings (SSSR count). The van der Waals surface area contributed by atoms with E-state index in [4.69, 9.17) is 9.98 Å². The van der Waals surface area contributed by atoms with Crippen molar-refractivity contribution < 1.29 is 0 Å². The molecule has 0 aliphatic carbocycles. The van der Waals surface area contributed by atoms with Gasteiger partial charge in [-0.25, -0.2) is 0 Å². The lowest BCUT2D eigenvalue weighted by Crippen LogP contribution is -1.88. The fraction of sp³-hybridized carbons (Fsp3) is 0. The van der Waals surface area contributed by atoms with Gasteiger partial charge in [0.1, 0.15) is 0 Å². The summed E-state index contributed by atoms with van der Waals surface area (Å²) in [6.07, 6.45) is 7.97. The van der Waals surface area contributed by atoms with Crippen LogP contribution in [0.4, 0.5) is 11.4 Å². The predicted molar refractivity (Wildman–Crippen MR) is 188 cm³/mol. The number of hydrogen-bond donors (Lipinski definition) is 0. The second kappa shape index (κ2) is 14.4. The second-order valence-corrected chi connectivity index (χ2v) is 10.2. The highest BCUT2D eigenvalue weighted by Gasteiger charge is 2.09. The summed E-state index contributed by atoms with van der Waals surface area (Å²) in [5.74, 6) is 0. The van der Waals surface area contributed by atoms with E-state index in [0.717, 1.165) is 55.9 Å². The first kappa shape index (κ1) is 28.3. The number of rotatable bonds is 9. The van der Waals surface area contributed by atoms with Gasteiger partial charge in [-0.1, -0.05) is 158 Å². The predicted octanol–water partition coefficient (Wildman–Crippen LogP) is 11.0. The lowest BCUT2D eigenvalue weighted by Gasteiger charge is -2.10. The summed E-state index contributed by atoms with van der Waals surface area (Å²) in [7, 11) is 0. The Kier molecular flexibility index (Phi) is 9.22. The van der Waals surface area contributed by atoms with Gasteiger partial charge in [0, 0.05) is 23.6 Å². The zero-order valence-corrected chi connectivity index (χ0v) is 24.4. The van der Waals surface area contributed by atoms with Gasteiger partial charge in [-0.3, -0.25) is 9.98 Å². The van der Waals surface area contributed by atoms with Crippen molar-refractivity contribution in [2.75, 3.05) is 0 Å². The number of benzene rings is 6. The Labute approximate surface area is 259 Å². The lowest BCUT2D eigenvalue weighted by molar-refractivity contribution is 1.48. The van der Waals surface area contributed by atoms with Crippen molar-refractivity contribution in [1.29, 1.82) is 0 Å². The van der Waals surface area contributed by atoms with E-state index in [1.807, 2.05) is 73.1 Å². The van der Waals surface area contributed by atoms with Gasteiger partial charge in [0.15, 0.2) is 0 Å². The molecule has 0 radical (unpaired) electrons. The average Bonchev–Trinajstić information content (AvgIpc) is 3.10. The molecule has 210 valence electrons. The van der Waals surface area contributed by atoms with Crippen LogP contribution in [0.3, 0.4) is 0 Å². The molecule has 0 aromatic heterocycles. The molecule has 2 nitrogen and oxygen atoms in total. The van der Waals surface area contributed by atoms with Crippen LogP contribution in [0.2, 0.25) is 0 Å². The van der Waals surface area contributed by atoms with Gasteiger partial charge in [0.05, 0.1) is 11.4 Å². The molecule has 0 N–H and O–H groups in total. The highest BCUT2D eigenvalue weighted by atomic mass is 14.7. The number of allylic oxidation sites excluding steroid dienone is 2. The molecule has 0 fully saturated rings. The average molecular weight is 565 g/mol. The fourth-order valence-corrected chi connectivity index (χ4v) is 5.20. The Morgan fingerprint density at radius 1 is 0.318 bits per heavy atom. The standard InChI is InChI=1S/C42H32N2/c1-5-17-33(18-6-1)37(34-19-7-2-8-20-34)29-31-43-41-27-15-13-25-39(41)40-26-14-16-28-42(40)44-32-30-38(35-21-9-3-10-22-35)36-23-11-4-12-24-36/h1-32H. The van der Waals surface area contributed by atoms with Crippen LogP contribution in [0.15, 0.2) is 192 Å². The van der Waals surface area contributed by atoms with Gasteiger partial charge < -0.3 is 0 Å². The van der Waals surface area contributed by atoms with Crippen LogP contribution >= 0.6 is 0 Å². The topological polar surface area (TPSA) is 24.7 Å². The summed E-state index contributed by atoms with van der Waals surface area (Å²) in [5.41, 5.74) is 10.7. The van der Waals surface area contributed by atoms with Gasteiger partial charge in [0.25, 0.3) is 0 Å². The third kappa shape index (κ3) is 6.95. The van der Waals surface area contributed by atoms with E-state index < -0.39 is 0 Å². The summed E-state index contributed by atoms with van der Waals surface area (Å²) in [5, 5.41) is 0. The van der Waals surface area contributed by atoms with Crippen LogP contribution in [0.1, 0.15) is 22.3 Å². The van der Waals surface area contributed by atoms with E-state index >= 15 is 0 Å². The van der Waals surface area contributed by atoms with Gasteiger partial charge in [-0.2, -0.15) is 0 Å². The highest BCUT2D eigenvalue weighted by molar-refractivity contribution is 5.95. The van der Waals surface area contributed by atoms with E-state index in [1.165, 1.54) is 0 Å². The van der Waals surface area contributed by atoms with Crippen LogP contribution in [0.25, 0.3) is 22.3 Å². The maximum Gasteiger partial charge on any atom is 0.0708 e. The third-order valence-corrected chi connectivity index (χ3v) is 7.35. The van der Waals surface area contributed by atoms with Crippen molar-refractivity contribution in [2.45, 2.75) is 0 Å². The minimum Gasteiger partial charge on any atom is -0.256 e. The Morgan fingerprint density at radius 3 is 0.909 bits per heavy atom.